The van der Waals surface area contributed by atoms with Crippen molar-refractivity contribution in [2.24, 2.45) is 0 Å². The number of aromatic nitrogens is 3. The molecule has 0 saturated carbocycles. The van der Waals surface area contributed by atoms with Gasteiger partial charge in [0.05, 0.1) is 17.4 Å². The topological polar surface area (TPSA) is 50.7 Å². The fraction of sp³-hybridized carbons (Fsp3) is 0.462. The predicted molar refractivity (Wildman–Crippen MR) is 74.9 cm³/mol. The van der Waals surface area contributed by atoms with E-state index in [1.165, 1.54) is 4.88 Å². The molecule has 2 heterocycles. The molecule has 2 aromatic heterocycles. The normalized spacial score (nSPS) is 12.4. The van der Waals surface area contributed by atoms with Gasteiger partial charge in [0.1, 0.15) is 0 Å². The Balaban J connectivity index is 2.14. The maximum Gasteiger partial charge on any atom is 0.243 e. The molecule has 0 radical (unpaired) electrons. The molecule has 0 aliphatic heterocycles. The summed E-state index contributed by atoms with van der Waals surface area (Å²) in [5.74, 6) is 0.616. The Morgan fingerprint density at radius 2 is 2.00 bits per heavy atom. The van der Waals surface area contributed by atoms with Gasteiger partial charge in [-0.05, 0) is 31.2 Å². The van der Waals surface area contributed by atoms with E-state index < -0.39 is 0 Å². The minimum atomic E-state index is 0.212. The lowest BCUT2D eigenvalue weighted by molar-refractivity contribution is 0.795. The first-order valence-corrected chi connectivity index (χ1v) is 7.15. The molecule has 2 rings (SSSR count). The van der Waals surface area contributed by atoms with Crippen LogP contribution < -0.4 is 5.32 Å². The second-order valence-corrected chi connectivity index (χ2v) is 5.10. The largest absolute Gasteiger partial charge is 0.346 e. The van der Waals surface area contributed by atoms with Gasteiger partial charge >= 0.3 is 0 Å². The first-order valence-electron chi connectivity index (χ1n) is 6.27. The van der Waals surface area contributed by atoms with Crippen LogP contribution in [0.2, 0.25) is 0 Å². The van der Waals surface area contributed by atoms with Crippen molar-refractivity contribution in [2.45, 2.75) is 39.7 Å². The average Bonchev–Trinajstić information content (AvgIpc) is 2.92. The summed E-state index contributed by atoms with van der Waals surface area (Å²) in [6, 6.07) is 4.37. The van der Waals surface area contributed by atoms with E-state index in [0.717, 1.165) is 24.2 Å². The average molecular weight is 262 g/mol. The summed E-state index contributed by atoms with van der Waals surface area (Å²) in [4.78, 5) is 5.81. The third-order valence-corrected chi connectivity index (χ3v) is 3.88. The first kappa shape index (κ1) is 13.0. The van der Waals surface area contributed by atoms with Crippen LogP contribution in [0.5, 0.6) is 0 Å². The van der Waals surface area contributed by atoms with Gasteiger partial charge in [0.15, 0.2) is 0 Å². The second kappa shape index (κ2) is 5.91. The van der Waals surface area contributed by atoms with Crippen molar-refractivity contribution in [3.05, 3.63) is 33.8 Å². The highest BCUT2D eigenvalue weighted by atomic mass is 32.1. The minimum Gasteiger partial charge on any atom is -0.346 e. The van der Waals surface area contributed by atoms with Crippen molar-refractivity contribution < 1.29 is 0 Å². The molecule has 1 atom stereocenters. The summed E-state index contributed by atoms with van der Waals surface area (Å²) in [6.07, 6.45) is 1.77. The Morgan fingerprint density at radius 3 is 2.61 bits per heavy atom. The summed E-state index contributed by atoms with van der Waals surface area (Å²) < 4.78 is 0. The Hall–Kier alpha value is -1.49. The van der Waals surface area contributed by atoms with Crippen molar-refractivity contribution in [3.63, 3.8) is 0 Å². The Kier molecular flexibility index (Phi) is 4.25. The second-order valence-electron chi connectivity index (χ2n) is 4.12. The number of hydrogen-bond acceptors (Lipinski definition) is 5. The highest BCUT2D eigenvalue weighted by Gasteiger charge is 2.10. The third-order valence-electron chi connectivity index (χ3n) is 2.82. The van der Waals surface area contributed by atoms with E-state index in [0.29, 0.717) is 5.95 Å². The fourth-order valence-electron chi connectivity index (χ4n) is 1.80. The molecule has 5 heteroatoms. The van der Waals surface area contributed by atoms with Gasteiger partial charge in [-0.2, -0.15) is 5.10 Å². The summed E-state index contributed by atoms with van der Waals surface area (Å²) in [7, 11) is 0. The summed E-state index contributed by atoms with van der Waals surface area (Å²) in [6.45, 7) is 6.27. The molecule has 0 aromatic carbocycles. The van der Waals surface area contributed by atoms with E-state index in [-0.39, 0.29) is 6.04 Å². The molecule has 0 bridgehead atoms. The van der Waals surface area contributed by atoms with Crippen LogP contribution in [-0.4, -0.2) is 15.2 Å². The zero-order valence-electron chi connectivity index (χ0n) is 11.0. The van der Waals surface area contributed by atoms with Crippen molar-refractivity contribution in [1.82, 2.24) is 15.2 Å². The van der Waals surface area contributed by atoms with Gasteiger partial charge in [-0.15, -0.1) is 16.4 Å². The van der Waals surface area contributed by atoms with Crippen LogP contribution in [0, 0.1) is 0 Å². The van der Waals surface area contributed by atoms with E-state index in [1.54, 1.807) is 11.3 Å². The molecule has 0 spiro atoms. The lowest BCUT2D eigenvalue weighted by Gasteiger charge is -2.12. The molecule has 0 aliphatic rings. The van der Waals surface area contributed by atoms with Gasteiger partial charge in [-0.1, -0.05) is 19.9 Å². The van der Waals surface area contributed by atoms with Gasteiger partial charge in [0.2, 0.25) is 5.95 Å². The van der Waals surface area contributed by atoms with Gasteiger partial charge < -0.3 is 5.32 Å². The van der Waals surface area contributed by atoms with Gasteiger partial charge in [0.25, 0.3) is 0 Å². The Morgan fingerprint density at radius 1 is 1.22 bits per heavy atom. The molecular weight excluding hydrogens is 244 g/mol. The van der Waals surface area contributed by atoms with E-state index >= 15 is 0 Å². The quantitative estimate of drug-likeness (QED) is 0.898. The molecule has 2 aromatic rings. The Bertz CT molecular complexity index is 496. The van der Waals surface area contributed by atoms with Crippen molar-refractivity contribution in [3.8, 4) is 0 Å². The van der Waals surface area contributed by atoms with Crippen LogP contribution in [0.15, 0.2) is 17.5 Å². The van der Waals surface area contributed by atoms with Gasteiger partial charge in [-0.3, -0.25) is 0 Å². The van der Waals surface area contributed by atoms with Crippen LogP contribution in [-0.2, 0) is 12.8 Å². The molecule has 4 nitrogen and oxygen atoms in total. The molecule has 0 aliphatic carbocycles. The highest BCUT2D eigenvalue weighted by Crippen LogP contribution is 2.21. The lowest BCUT2D eigenvalue weighted by atomic mass is 10.2. The molecule has 1 unspecified atom stereocenters. The summed E-state index contributed by atoms with van der Waals surface area (Å²) in [5.41, 5.74) is 2.03. The number of rotatable bonds is 5. The van der Waals surface area contributed by atoms with Crippen molar-refractivity contribution in [1.29, 1.82) is 0 Å². The van der Waals surface area contributed by atoms with Crippen molar-refractivity contribution >= 4 is 17.3 Å². The van der Waals surface area contributed by atoms with Crippen molar-refractivity contribution in [2.75, 3.05) is 5.32 Å². The minimum absolute atomic E-state index is 0.212. The van der Waals surface area contributed by atoms with Crippen LogP contribution in [0.4, 0.5) is 5.95 Å². The van der Waals surface area contributed by atoms with Gasteiger partial charge in [-0.25, -0.2) is 4.98 Å². The molecule has 18 heavy (non-hydrogen) atoms. The van der Waals surface area contributed by atoms with Gasteiger partial charge in [0, 0.05) is 4.88 Å². The number of thiophene rings is 1. The molecule has 1 N–H and O–H groups in total. The standard InChI is InChI=1S/C13H18N4S/c1-4-10-11(5-2)16-17-13(15-10)14-9(3)12-7-6-8-18-12/h6-9H,4-5H2,1-3H3,(H,14,15,17). The number of anilines is 1. The maximum absolute atomic E-state index is 4.53. The van der Waals surface area contributed by atoms with E-state index in [1.807, 2.05) is 0 Å². The number of nitrogens with zero attached hydrogens (tertiary/aromatic N) is 3. The number of nitrogens with one attached hydrogen (secondary N) is 1. The lowest BCUT2D eigenvalue weighted by Crippen LogP contribution is -2.12. The van der Waals surface area contributed by atoms with Crippen LogP contribution in [0.1, 0.15) is 43.1 Å². The van der Waals surface area contributed by atoms with E-state index in [4.69, 9.17) is 0 Å². The molecular formula is C13H18N4S. The zero-order chi connectivity index (χ0) is 13.0. The van der Waals surface area contributed by atoms with E-state index in [2.05, 4.69) is 58.8 Å². The SMILES string of the molecule is CCc1nnc(NC(C)c2cccs2)nc1CC. The summed E-state index contributed by atoms with van der Waals surface area (Å²) >= 11 is 1.73. The maximum atomic E-state index is 4.53. The molecule has 0 fully saturated rings. The van der Waals surface area contributed by atoms with Crippen LogP contribution in [0.3, 0.4) is 0 Å². The smallest absolute Gasteiger partial charge is 0.243 e. The number of hydrogen-bond donors (Lipinski definition) is 1. The monoisotopic (exact) mass is 262 g/mol. The third kappa shape index (κ3) is 2.85. The Labute approximate surface area is 111 Å². The first-order chi connectivity index (χ1) is 8.74. The highest BCUT2D eigenvalue weighted by molar-refractivity contribution is 7.10. The fourth-order valence-corrected chi connectivity index (χ4v) is 2.54. The number of aryl methyl sites for hydroxylation is 2. The molecule has 96 valence electrons. The summed E-state index contributed by atoms with van der Waals surface area (Å²) in [5, 5.41) is 13.7. The van der Waals surface area contributed by atoms with Crippen LogP contribution >= 0.6 is 11.3 Å². The predicted octanol–water partition coefficient (Wildman–Crippen LogP) is 3.23. The zero-order valence-corrected chi connectivity index (χ0v) is 11.8. The molecule has 0 amide bonds. The molecule has 0 saturated heterocycles. The van der Waals surface area contributed by atoms with E-state index in [9.17, 15) is 0 Å². The van der Waals surface area contributed by atoms with Crippen LogP contribution in [0.25, 0.3) is 0 Å².